The second-order valence-corrected chi connectivity index (χ2v) is 4.21. The molecule has 1 saturated heterocycles. The average Bonchev–Trinajstić information content (AvgIpc) is 2.90. The van der Waals surface area contributed by atoms with Crippen molar-refractivity contribution in [3.8, 4) is 12.3 Å². The summed E-state index contributed by atoms with van der Waals surface area (Å²) >= 11 is 0. The average molecular weight is 253 g/mol. The van der Waals surface area contributed by atoms with Crippen LogP contribution in [0.15, 0.2) is 4.99 Å². The van der Waals surface area contributed by atoms with Crippen molar-refractivity contribution in [2.24, 2.45) is 10.9 Å². The first kappa shape index (κ1) is 14.8. The van der Waals surface area contributed by atoms with Crippen LogP contribution >= 0.6 is 0 Å². The Morgan fingerprint density at radius 3 is 3.11 bits per heavy atom. The van der Waals surface area contributed by atoms with Crippen LogP contribution in [0.5, 0.6) is 0 Å². The van der Waals surface area contributed by atoms with Crippen LogP contribution < -0.4 is 10.6 Å². The molecule has 1 fully saturated rings. The lowest BCUT2D eigenvalue weighted by Gasteiger charge is -2.11. The molecule has 0 aliphatic carbocycles. The summed E-state index contributed by atoms with van der Waals surface area (Å²) in [5.74, 6) is 3.83. The SMILES string of the molecule is C#CCNC(=NC)NCCCOCC1CCOC1. The lowest BCUT2D eigenvalue weighted by molar-refractivity contribution is 0.0888. The Bertz CT molecular complexity index is 280. The lowest BCUT2D eigenvalue weighted by Crippen LogP contribution is -2.38. The highest BCUT2D eigenvalue weighted by atomic mass is 16.5. The van der Waals surface area contributed by atoms with Crippen molar-refractivity contribution in [3.05, 3.63) is 0 Å². The topological polar surface area (TPSA) is 54.9 Å². The number of terminal acetylenes is 1. The van der Waals surface area contributed by atoms with Crippen LogP contribution in [-0.2, 0) is 9.47 Å². The van der Waals surface area contributed by atoms with E-state index < -0.39 is 0 Å². The van der Waals surface area contributed by atoms with Gasteiger partial charge in [0.05, 0.1) is 19.8 Å². The van der Waals surface area contributed by atoms with Crippen LogP contribution in [0.4, 0.5) is 0 Å². The van der Waals surface area contributed by atoms with Gasteiger partial charge in [0.1, 0.15) is 0 Å². The Balaban J connectivity index is 1.92. The molecule has 5 nitrogen and oxygen atoms in total. The molecule has 1 rings (SSSR count). The molecule has 0 aromatic rings. The van der Waals surface area contributed by atoms with Crippen LogP contribution in [0.2, 0.25) is 0 Å². The Kier molecular flexibility index (Phi) is 8.02. The molecule has 2 N–H and O–H groups in total. The summed E-state index contributed by atoms with van der Waals surface area (Å²) in [4.78, 5) is 4.05. The van der Waals surface area contributed by atoms with Crippen molar-refractivity contribution in [2.45, 2.75) is 12.8 Å². The van der Waals surface area contributed by atoms with E-state index in [0.29, 0.717) is 12.5 Å². The van der Waals surface area contributed by atoms with Crippen LogP contribution in [0.1, 0.15) is 12.8 Å². The fourth-order valence-corrected chi connectivity index (χ4v) is 1.70. The van der Waals surface area contributed by atoms with E-state index >= 15 is 0 Å². The second kappa shape index (κ2) is 9.75. The molecule has 5 heteroatoms. The lowest BCUT2D eigenvalue weighted by atomic mass is 10.1. The molecule has 1 unspecified atom stereocenters. The first-order chi connectivity index (χ1) is 8.86. The first-order valence-corrected chi connectivity index (χ1v) is 6.40. The number of nitrogens with one attached hydrogen (secondary N) is 2. The van der Waals surface area contributed by atoms with Gasteiger partial charge in [0.2, 0.25) is 0 Å². The minimum absolute atomic E-state index is 0.484. The van der Waals surface area contributed by atoms with Gasteiger partial charge in [-0.2, -0.15) is 0 Å². The van der Waals surface area contributed by atoms with E-state index in [1.807, 2.05) is 0 Å². The molecular formula is C13H23N3O2. The van der Waals surface area contributed by atoms with Crippen molar-refractivity contribution >= 4 is 5.96 Å². The normalized spacial score (nSPS) is 19.6. The van der Waals surface area contributed by atoms with E-state index in [0.717, 1.165) is 51.8 Å². The van der Waals surface area contributed by atoms with E-state index in [1.165, 1.54) is 0 Å². The number of nitrogens with zero attached hydrogens (tertiary/aromatic N) is 1. The van der Waals surface area contributed by atoms with E-state index in [9.17, 15) is 0 Å². The van der Waals surface area contributed by atoms with Gasteiger partial charge in [0, 0.05) is 32.7 Å². The Hall–Kier alpha value is -1.25. The van der Waals surface area contributed by atoms with E-state index in [1.54, 1.807) is 7.05 Å². The van der Waals surface area contributed by atoms with Crippen molar-refractivity contribution in [2.75, 3.05) is 46.6 Å². The molecule has 1 heterocycles. The monoisotopic (exact) mass is 253 g/mol. The summed E-state index contributed by atoms with van der Waals surface area (Å²) in [6.07, 6.45) is 7.23. The Morgan fingerprint density at radius 1 is 1.56 bits per heavy atom. The Labute approximate surface area is 109 Å². The summed E-state index contributed by atoms with van der Waals surface area (Å²) in [7, 11) is 1.72. The fraction of sp³-hybridized carbons (Fsp3) is 0.769. The zero-order valence-electron chi connectivity index (χ0n) is 11.1. The van der Waals surface area contributed by atoms with Crippen LogP contribution in [0.25, 0.3) is 0 Å². The van der Waals surface area contributed by atoms with Crippen LogP contribution in [0, 0.1) is 18.3 Å². The summed E-state index contributed by atoms with van der Waals surface area (Å²) in [6.45, 7) is 4.61. The Morgan fingerprint density at radius 2 is 2.44 bits per heavy atom. The van der Waals surface area contributed by atoms with Gasteiger partial charge < -0.3 is 20.1 Å². The quantitative estimate of drug-likeness (QED) is 0.295. The number of hydrogen-bond donors (Lipinski definition) is 2. The summed E-state index contributed by atoms with van der Waals surface area (Å²) in [6, 6.07) is 0. The van der Waals surface area contributed by atoms with E-state index in [4.69, 9.17) is 15.9 Å². The number of hydrogen-bond acceptors (Lipinski definition) is 3. The third-order valence-electron chi connectivity index (χ3n) is 2.72. The van der Waals surface area contributed by atoms with Gasteiger partial charge in [-0.05, 0) is 12.8 Å². The number of aliphatic imine (C=N–C) groups is 1. The van der Waals surface area contributed by atoms with Crippen molar-refractivity contribution in [3.63, 3.8) is 0 Å². The minimum Gasteiger partial charge on any atom is -0.381 e. The highest BCUT2D eigenvalue weighted by Crippen LogP contribution is 2.12. The maximum atomic E-state index is 5.60. The van der Waals surface area contributed by atoms with Gasteiger partial charge in [-0.1, -0.05) is 5.92 Å². The van der Waals surface area contributed by atoms with Crippen molar-refractivity contribution in [1.82, 2.24) is 10.6 Å². The molecule has 0 radical (unpaired) electrons. The van der Waals surface area contributed by atoms with Gasteiger partial charge in [-0.25, -0.2) is 0 Å². The van der Waals surface area contributed by atoms with Gasteiger partial charge in [-0.15, -0.1) is 6.42 Å². The van der Waals surface area contributed by atoms with Crippen LogP contribution in [-0.4, -0.2) is 52.5 Å². The minimum atomic E-state index is 0.484. The standard InChI is InChI=1S/C13H23N3O2/c1-3-6-15-13(14-2)16-7-4-8-17-10-12-5-9-18-11-12/h1,12H,4-11H2,2H3,(H2,14,15,16). The largest absolute Gasteiger partial charge is 0.381 e. The molecule has 1 atom stereocenters. The third kappa shape index (κ3) is 6.48. The molecule has 1 aliphatic rings. The van der Waals surface area contributed by atoms with Gasteiger partial charge in [0.15, 0.2) is 5.96 Å². The van der Waals surface area contributed by atoms with E-state index in [-0.39, 0.29) is 0 Å². The van der Waals surface area contributed by atoms with E-state index in [2.05, 4.69) is 21.5 Å². The highest BCUT2D eigenvalue weighted by Gasteiger charge is 2.14. The third-order valence-corrected chi connectivity index (χ3v) is 2.72. The molecule has 0 aromatic carbocycles. The van der Waals surface area contributed by atoms with Gasteiger partial charge in [0.25, 0.3) is 0 Å². The smallest absolute Gasteiger partial charge is 0.191 e. The highest BCUT2D eigenvalue weighted by molar-refractivity contribution is 5.79. The molecule has 0 saturated carbocycles. The van der Waals surface area contributed by atoms with Gasteiger partial charge in [-0.3, -0.25) is 4.99 Å². The predicted octanol–water partition coefficient (Wildman–Crippen LogP) is 0.228. The molecule has 0 amide bonds. The predicted molar refractivity (Wildman–Crippen MR) is 72.6 cm³/mol. The second-order valence-electron chi connectivity index (χ2n) is 4.21. The zero-order valence-corrected chi connectivity index (χ0v) is 11.1. The molecule has 18 heavy (non-hydrogen) atoms. The molecule has 102 valence electrons. The summed E-state index contributed by atoms with van der Waals surface area (Å²) in [5.41, 5.74) is 0. The number of ether oxygens (including phenoxy) is 2. The number of guanidine groups is 1. The molecule has 1 aliphatic heterocycles. The summed E-state index contributed by atoms with van der Waals surface area (Å²) < 4.78 is 10.9. The first-order valence-electron chi connectivity index (χ1n) is 6.40. The molecule has 0 aromatic heterocycles. The molecular weight excluding hydrogens is 230 g/mol. The van der Waals surface area contributed by atoms with Crippen molar-refractivity contribution < 1.29 is 9.47 Å². The molecule has 0 bridgehead atoms. The summed E-state index contributed by atoms with van der Waals surface area (Å²) in [5, 5.41) is 6.17. The maximum Gasteiger partial charge on any atom is 0.191 e. The van der Waals surface area contributed by atoms with Crippen LogP contribution in [0.3, 0.4) is 0 Å². The van der Waals surface area contributed by atoms with Gasteiger partial charge >= 0.3 is 0 Å². The fourth-order valence-electron chi connectivity index (χ4n) is 1.70. The maximum absolute atomic E-state index is 5.60. The molecule has 0 spiro atoms. The zero-order chi connectivity index (χ0) is 13.1. The number of rotatable bonds is 7. The van der Waals surface area contributed by atoms with Crippen molar-refractivity contribution in [1.29, 1.82) is 0 Å².